The Bertz CT molecular complexity index is 548. The fourth-order valence-corrected chi connectivity index (χ4v) is 2.34. The maximum Gasteiger partial charge on any atom is 0.122 e. The highest BCUT2D eigenvalue weighted by atomic mass is 16.5. The fourth-order valence-electron chi connectivity index (χ4n) is 2.34. The molecule has 0 saturated heterocycles. The molecule has 0 fully saturated rings. The lowest BCUT2D eigenvalue weighted by Crippen LogP contribution is -2.21. The molecule has 0 bridgehead atoms. The first-order chi connectivity index (χ1) is 10.2. The summed E-state index contributed by atoms with van der Waals surface area (Å²) in [5, 5.41) is 3.46. The Morgan fingerprint density at radius 1 is 1.29 bits per heavy atom. The molecule has 0 aliphatic heterocycles. The third-order valence-corrected chi connectivity index (χ3v) is 3.47. The van der Waals surface area contributed by atoms with E-state index in [2.05, 4.69) is 40.8 Å². The lowest BCUT2D eigenvalue weighted by atomic mass is 10.1. The summed E-state index contributed by atoms with van der Waals surface area (Å²) < 4.78 is 7.61. The number of methoxy groups -OCH3 is 1. The van der Waals surface area contributed by atoms with Crippen molar-refractivity contribution < 1.29 is 4.74 Å². The number of benzene rings is 1. The summed E-state index contributed by atoms with van der Waals surface area (Å²) in [6, 6.07) is 8.18. The predicted octanol–water partition coefficient (Wildman–Crippen LogP) is 2.88. The standard InChI is InChI=1S/C17H25N3O/c1-14(2)10-18-11-16-12-19-13-20(16)9-8-15-6-4-5-7-17(15)21-3/h4-7,12-14,18H,8-11H2,1-3H3. The van der Waals surface area contributed by atoms with Crippen molar-refractivity contribution >= 4 is 0 Å². The number of ether oxygens (including phenoxy) is 1. The molecule has 0 aliphatic rings. The molecule has 1 aromatic carbocycles. The smallest absolute Gasteiger partial charge is 0.122 e. The van der Waals surface area contributed by atoms with Crippen molar-refractivity contribution in [2.24, 2.45) is 5.92 Å². The summed E-state index contributed by atoms with van der Waals surface area (Å²) in [4.78, 5) is 4.27. The van der Waals surface area contributed by atoms with Gasteiger partial charge in [0.1, 0.15) is 5.75 Å². The molecule has 4 nitrogen and oxygen atoms in total. The van der Waals surface area contributed by atoms with Crippen LogP contribution in [0.3, 0.4) is 0 Å². The highest BCUT2D eigenvalue weighted by Gasteiger charge is 2.05. The third-order valence-electron chi connectivity index (χ3n) is 3.47. The average Bonchev–Trinajstić information content (AvgIpc) is 2.92. The Labute approximate surface area is 127 Å². The van der Waals surface area contributed by atoms with Gasteiger partial charge >= 0.3 is 0 Å². The van der Waals surface area contributed by atoms with Crippen molar-refractivity contribution in [1.29, 1.82) is 0 Å². The van der Waals surface area contributed by atoms with Crippen LogP contribution < -0.4 is 10.1 Å². The molecule has 1 N–H and O–H groups in total. The number of para-hydroxylation sites is 1. The van der Waals surface area contributed by atoms with Crippen LogP contribution in [-0.4, -0.2) is 23.2 Å². The molecule has 0 amide bonds. The quantitative estimate of drug-likeness (QED) is 0.811. The summed E-state index contributed by atoms with van der Waals surface area (Å²) in [6.07, 6.45) is 4.79. The van der Waals surface area contributed by atoms with Gasteiger partial charge in [-0.3, -0.25) is 0 Å². The third kappa shape index (κ3) is 4.60. The van der Waals surface area contributed by atoms with E-state index in [1.54, 1.807) is 7.11 Å². The van der Waals surface area contributed by atoms with E-state index in [0.29, 0.717) is 5.92 Å². The van der Waals surface area contributed by atoms with Gasteiger partial charge in [0.25, 0.3) is 0 Å². The van der Waals surface area contributed by atoms with Crippen molar-refractivity contribution in [2.75, 3.05) is 13.7 Å². The van der Waals surface area contributed by atoms with Gasteiger partial charge in [0.15, 0.2) is 0 Å². The van der Waals surface area contributed by atoms with Crippen molar-refractivity contribution in [3.8, 4) is 5.75 Å². The van der Waals surface area contributed by atoms with Gasteiger partial charge in [-0.05, 0) is 30.5 Å². The lowest BCUT2D eigenvalue weighted by Gasteiger charge is -2.12. The van der Waals surface area contributed by atoms with E-state index >= 15 is 0 Å². The molecule has 0 spiro atoms. The largest absolute Gasteiger partial charge is 0.496 e. The van der Waals surface area contributed by atoms with Crippen LogP contribution in [0.5, 0.6) is 5.75 Å². The van der Waals surface area contributed by atoms with E-state index < -0.39 is 0 Å². The van der Waals surface area contributed by atoms with Gasteiger partial charge in [-0.1, -0.05) is 32.0 Å². The zero-order valence-corrected chi connectivity index (χ0v) is 13.2. The molecule has 114 valence electrons. The van der Waals surface area contributed by atoms with Crippen LogP contribution in [0.2, 0.25) is 0 Å². The van der Waals surface area contributed by atoms with Crippen LogP contribution in [0.25, 0.3) is 0 Å². The first kappa shape index (κ1) is 15.6. The highest BCUT2D eigenvalue weighted by molar-refractivity contribution is 5.33. The number of aryl methyl sites for hydroxylation is 2. The second-order valence-electron chi connectivity index (χ2n) is 5.66. The summed E-state index contributed by atoms with van der Waals surface area (Å²) in [5.41, 5.74) is 2.46. The number of aromatic nitrogens is 2. The Morgan fingerprint density at radius 3 is 2.86 bits per heavy atom. The summed E-state index contributed by atoms with van der Waals surface area (Å²) >= 11 is 0. The normalized spacial score (nSPS) is 11.0. The number of nitrogens with one attached hydrogen (secondary N) is 1. The number of imidazole rings is 1. The minimum absolute atomic E-state index is 0.662. The van der Waals surface area contributed by atoms with E-state index in [1.807, 2.05) is 24.7 Å². The molecule has 1 aromatic heterocycles. The molecular formula is C17H25N3O. The molecule has 0 atom stereocenters. The van der Waals surface area contributed by atoms with Crippen molar-refractivity contribution in [1.82, 2.24) is 14.9 Å². The van der Waals surface area contributed by atoms with Crippen LogP contribution in [-0.2, 0) is 19.5 Å². The molecule has 21 heavy (non-hydrogen) atoms. The lowest BCUT2D eigenvalue weighted by molar-refractivity contribution is 0.408. The van der Waals surface area contributed by atoms with Gasteiger partial charge in [-0.2, -0.15) is 0 Å². The molecule has 0 aliphatic carbocycles. The van der Waals surface area contributed by atoms with Gasteiger partial charge in [0.2, 0.25) is 0 Å². The van der Waals surface area contributed by atoms with Crippen LogP contribution in [0.15, 0.2) is 36.8 Å². The Kier molecular flexibility index (Phi) is 5.81. The second kappa shape index (κ2) is 7.84. The minimum atomic E-state index is 0.662. The number of nitrogens with zero attached hydrogens (tertiary/aromatic N) is 2. The molecule has 1 heterocycles. The molecule has 0 radical (unpaired) electrons. The maximum atomic E-state index is 5.40. The summed E-state index contributed by atoms with van der Waals surface area (Å²) in [7, 11) is 1.72. The zero-order valence-electron chi connectivity index (χ0n) is 13.2. The van der Waals surface area contributed by atoms with Gasteiger partial charge in [-0.25, -0.2) is 4.98 Å². The SMILES string of the molecule is COc1ccccc1CCn1cncc1CNCC(C)C. The Balaban J connectivity index is 1.93. The van der Waals surface area contributed by atoms with Crippen LogP contribution in [0.4, 0.5) is 0 Å². The minimum Gasteiger partial charge on any atom is -0.496 e. The van der Waals surface area contributed by atoms with Gasteiger partial charge < -0.3 is 14.6 Å². The molecule has 2 aromatic rings. The molecular weight excluding hydrogens is 262 g/mol. The highest BCUT2D eigenvalue weighted by Crippen LogP contribution is 2.18. The van der Waals surface area contributed by atoms with Crippen LogP contribution in [0.1, 0.15) is 25.1 Å². The number of hydrogen-bond donors (Lipinski definition) is 1. The number of hydrogen-bond acceptors (Lipinski definition) is 3. The van der Waals surface area contributed by atoms with Crippen molar-refractivity contribution in [2.45, 2.75) is 33.4 Å². The van der Waals surface area contributed by atoms with E-state index in [4.69, 9.17) is 4.74 Å². The van der Waals surface area contributed by atoms with E-state index in [-0.39, 0.29) is 0 Å². The monoisotopic (exact) mass is 287 g/mol. The zero-order chi connectivity index (χ0) is 15.1. The van der Waals surface area contributed by atoms with Crippen molar-refractivity contribution in [3.05, 3.63) is 48.0 Å². The maximum absolute atomic E-state index is 5.40. The Morgan fingerprint density at radius 2 is 2.10 bits per heavy atom. The van der Waals surface area contributed by atoms with Crippen molar-refractivity contribution in [3.63, 3.8) is 0 Å². The van der Waals surface area contributed by atoms with Gasteiger partial charge in [0, 0.05) is 19.3 Å². The molecule has 4 heteroatoms. The average molecular weight is 287 g/mol. The van der Waals surface area contributed by atoms with E-state index in [0.717, 1.165) is 31.8 Å². The predicted molar refractivity (Wildman–Crippen MR) is 85.5 cm³/mol. The van der Waals surface area contributed by atoms with Crippen LogP contribution >= 0.6 is 0 Å². The van der Waals surface area contributed by atoms with Gasteiger partial charge in [-0.15, -0.1) is 0 Å². The topological polar surface area (TPSA) is 39.1 Å². The first-order valence-electron chi connectivity index (χ1n) is 7.52. The molecule has 0 saturated carbocycles. The Hall–Kier alpha value is -1.81. The second-order valence-corrected chi connectivity index (χ2v) is 5.66. The summed E-state index contributed by atoms with van der Waals surface area (Å²) in [5.74, 6) is 1.62. The molecule has 0 unspecified atom stereocenters. The fraction of sp³-hybridized carbons (Fsp3) is 0.471. The summed E-state index contributed by atoms with van der Waals surface area (Å²) in [6.45, 7) is 7.23. The first-order valence-corrected chi connectivity index (χ1v) is 7.52. The molecule has 2 rings (SSSR count). The van der Waals surface area contributed by atoms with Crippen LogP contribution in [0, 0.1) is 5.92 Å². The van der Waals surface area contributed by atoms with E-state index in [1.165, 1.54) is 11.3 Å². The van der Waals surface area contributed by atoms with E-state index in [9.17, 15) is 0 Å². The number of rotatable bonds is 8. The van der Waals surface area contributed by atoms with Gasteiger partial charge in [0.05, 0.1) is 19.1 Å².